The second kappa shape index (κ2) is 5.28. The van der Waals surface area contributed by atoms with E-state index in [1.165, 1.54) is 0 Å². The fourth-order valence-corrected chi connectivity index (χ4v) is 2.14. The Kier molecular flexibility index (Phi) is 5.88. The lowest BCUT2D eigenvalue weighted by atomic mass is 9.99. The minimum atomic E-state index is -0.242. The van der Waals surface area contributed by atoms with Gasteiger partial charge in [-0.1, -0.05) is 63.7 Å². The second-order valence-corrected chi connectivity index (χ2v) is 10.2. The summed E-state index contributed by atoms with van der Waals surface area (Å²) in [6.07, 6.45) is 0. The Balaban J connectivity index is 4.65. The summed E-state index contributed by atoms with van der Waals surface area (Å²) in [5.41, 5.74) is 0. The number of hydrogen-bond donors (Lipinski definition) is 0. The van der Waals surface area contributed by atoms with E-state index in [1.54, 1.807) is 0 Å². The molecule has 0 radical (unpaired) electrons. The molecule has 0 aliphatic heterocycles. The lowest BCUT2D eigenvalue weighted by molar-refractivity contribution is -0.118. The van der Waals surface area contributed by atoms with Crippen LogP contribution in [0.5, 0.6) is 0 Å². The van der Waals surface area contributed by atoms with Crippen molar-refractivity contribution in [2.45, 2.75) is 46.0 Å². The summed E-state index contributed by atoms with van der Waals surface area (Å²) >= 11 is 13.8. The van der Waals surface area contributed by atoms with Crippen molar-refractivity contribution in [3.63, 3.8) is 0 Å². The van der Waals surface area contributed by atoms with Crippen LogP contribution in [0.4, 0.5) is 0 Å². The quantitative estimate of drug-likeness (QED) is 0.571. The molecule has 0 aromatic heterocycles. The fraction of sp³-hybridized carbons (Fsp3) is 0.889. The van der Waals surface area contributed by atoms with Crippen molar-refractivity contribution in [3.05, 3.63) is 0 Å². The first-order valence-corrected chi connectivity index (χ1v) is 7.59. The van der Waals surface area contributed by atoms with Gasteiger partial charge in [-0.25, -0.2) is 0 Å². The van der Waals surface area contributed by atoms with Gasteiger partial charge in [0.25, 0.3) is 0 Å². The number of carbonyl (C=O) groups excluding carboxylic acids is 1. The Morgan fingerprint density at radius 1 is 0.929 bits per heavy atom. The summed E-state index contributed by atoms with van der Waals surface area (Å²) in [5, 5.41) is 0. The van der Waals surface area contributed by atoms with E-state index in [0.29, 0.717) is 0 Å². The van der Waals surface area contributed by atoms with Gasteiger partial charge in [0, 0.05) is 8.65 Å². The minimum Gasteiger partial charge on any atom is -0.297 e. The topological polar surface area (TPSA) is 17.1 Å². The van der Waals surface area contributed by atoms with Gasteiger partial charge >= 0.3 is 0 Å². The van der Waals surface area contributed by atoms with Crippen molar-refractivity contribution in [2.75, 3.05) is 0 Å². The molecule has 0 saturated heterocycles. The van der Waals surface area contributed by atoms with Gasteiger partial charge in [-0.3, -0.25) is 4.79 Å². The Bertz CT molecular complexity index is 192. The predicted octanol–water partition coefficient (Wildman–Crippen LogP) is 4.43. The number of hydrogen-bond acceptors (Lipinski definition) is 1. The average Bonchev–Trinajstić information content (AvgIpc) is 1.97. The second-order valence-electron chi connectivity index (χ2n) is 4.26. The zero-order valence-electron chi connectivity index (χ0n) is 8.57. The van der Waals surface area contributed by atoms with E-state index in [-0.39, 0.29) is 24.1 Å². The molecule has 0 aliphatic rings. The summed E-state index contributed by atoms with van der Waals surface area (Å²) in [5.74, 6) is 0.133. The molecule has 0 aliphatic carbocycles. The van der Waals surface area contributed by atoms with Gasteiger partial charge in [-0.05, 0) is 27.7 Å². The maximum absolute atomic E-state index is 12.0. The van der Waals surface area contributed by atoms with Crippen LogP contribution in [-0.4, -0.2) is 24.1 Å². The fourth-order valence-electron chi connectivity index (χ4n) is 0.805. The van der Waals surface area contributed by atoms with Crippen LogP contribution in [0.3, 0.4) is 0 Å². The zero-order valence-corrected chi connectivity index (χ0v) is 14.9. The smallest absolute Gasteiger partial charge is 0.162 e. The van der Waals surface area contributed by atoms with Crippen molar-refractivity contribution in [1.82, 2.24) is 0 Å². The number of Topliss-reactive ketones (excluding diaryl/α,β-unsaturated/α-hetero) is 1. The molecular weight excluding hydrogens is 444 g/mol. The van der Waals surface area contributed by atoms with Crippen molar-refractivity contribution >= 4 is 69.5 Å². The van der Waals surface area contributed by atoms with Gasteiger partial charge in [-0.15, -0.1) is 0 Å². The SMILES string of the molecule is CC(C)(Br)[C@@H](Br)C(=O)[C@H](Br)C(C)(C)Br. The normalized spacial score (nSPS) is 17.7. The van der Waals surface area contributed by atoms with E-state index < -0.39 is 0 Å². The van der Waals surface area contributed by atoms with Gasteiger partial charge in [-0.2, -0.15) is 0 Å². The number of ketones is 1. The molecule has 14 heavy (non-hydrogen) atoms. The molecule has 0 spiro atoms. The molecule has 0 aromatic rings. The van der Waals surface area contributed by atoms with Gasteiger partial charge < -0.3 is 0 Å². The standard InChI is InChI=1S/C9H14Br4O/c1-8(2,12)6(10)5(14)7(11)9(3,4)13/h6-7H,1-4H3/t6-,7-/m0/s1. The molecule has 5 heteroatoms. The van der Waals surface area contributed by atoms with Gasteiger partial charge in [0.15, 0.2) is 5.78 Å². The van der Waals surface area contributed by atoms with Crippen LogP contribution >= 0.6 is 63.7 Å². The molecule has 84 valence electrons. The zero-order chi connectivity index (χ0) is 11.7. The lowest BCUT2D eigenvalue weighted by Gasteiger charge is -2.29. The van der Waals surface area contributed by atoms with Crippen molar-refractivity contribution in [3.8, 4) is 0 Å². The van der Waals surface area contributed by atoms with Crippen molar-refractivity contribution < 1.29 is 4.79 Å². The summed E-state index contributed by atoms with van der Waals surface area (Å²) < 4.78 is -0.483. The van der Waals surface area contributed by atoms with Crippen molar-refractivity contribution in [1.29, 1.82) is 0 Å². The highest BCUT2D eigenvalue weighted by atomic mass is 79.9. The van der Waals surface area contributed by atoms with Crippen LogP contribution in [0, 0.1) is 0 Å². The van der Waals surface area contributed by atoms with E-state index in [2.05, 4.69) is 63.7 Å². The Labute approximate surface area is 119 Å². The first-order chi connectivity index (χ1) is 5.98. The first-order valence-electron chi connectivity index (χ1n) is 4.17. The van der Waals surface area contributed by atoms with Crippen molar-refractivity contribution in [2.24, 2.45) is 0 Å². The molecule has 1 nitrogen and oxygen atoms in total. The summed E-state index contributed by atoms with van der Waals surface area (Å²) in [7, 11) is 0. The molecule has 0 saturated carbocycles. The molecule has 0 unspecified atom stereocenters. The highest BCUT2D eigenvalue weighted by Crippen LogP contribution is 2.35. The van der Waals surface area contributed by atoms with E-state index >= 15 is 0 Å². The van der Waals surface area contributed by atoms with E-state index in [0.717, 1.165) is 0 Å². The third-order valence-corrected chi connectivity index (χ3v) is 7.04. The van der Waals surface area contributed by atoms with Crippen LogP contribution in [-0.2, 0) is 4.79 Å². The monoisotopic (exact) mass is 454 g/mol. The van der Waals surface area contributed by atoms with E-state index in [1.807, 2.05) is 27.7 Å². The van der Waals surface area contributed by atoms with Crippen LogP contribution < -0.4 is 0 Å². The molecule has 0 heterocycles. The van der Waals surface area contributed by atoms with Gasteiger partial charge in [0.2, 0.25) is 0 Å². The Morgan fingerprint density at radius 3 is 1.29 bits per heavy atom. The number of carbonyl (C=O) groups is 1. The first kappa shape index (κ1) is 15.6. The van der Waals surface area contributed by atoms with Gasteiger partial charge in [0.05, 0.1) is 9.65 Å². The van der Waals surface area contributed by atoms with Crippen LogP contribution in [0.2, 0.25) is 0 Å². The molecule has 0 N–H and O–H groups in total. The highest BCUT2D eigenvalue weighted by molar-refractivity contribution is 9.13. The van der Waals surface area contributed by atoms with E-state index in [4.69, 9.17) is 0 Å². The number of rotatable bonds is 4. The molecule has 0 rings (SSSR count). The van der Waals surface area contributed by atoms with Crippen LogP contribution in [0.25, 0.3) is 0 Å². The Morgan fingerprint density at radius 2 is 1.14 bits per heavy atom. The summed E-state index contributed by atoms with van der Waals surface area (Å²) in [4.78, 5) is 11.6. The largest absolute Gasteiger partial charge is 0.297 e. The molecule has 2 atom stereocenters. The lowest BCUT2D eigenvalue weighted by Crippen LogP contribution is -2.43. The average molecular weight is 458 g/mol. The molecular formula is C9H14Br4O. The number of alkyl halides is 4. The van der Waals surface area contributed by atoms with Crippen LogP contribution in [0.15, 0.2) is 0 Å². The molecule has 0 fully saturated rings. The predicted molar refractivity (Wildman–Crippen MR) is 76.4 cm³/mol. The molecule has 0 amide bonds. The van der Waals surface area contributed by atoms with Crippen LogP contribution in [0.1, 0.15) is 27.7 Å². The summed E-state index contributed by atoms with van der Waals surface area (Å²) in [6, 6.07) is 0. The molecule has 0 bridgehead atoms. The molecule has 0 aromatic carbocycles. The van der Waals surface area contributed by atoms with Gasteiger partial charge in [0.1, 0.15) is 0 Å². The maximum Gasteiger partial charge on any atom is 0.162 e. The number of halogens is 4. The summed E-state index contributed by atoms with van der Waals surface area (Å²) in [6.45, 7) is 7.85. The highest BCUT2D eigenvalue weighted by Gasteiger charge is 2.39. The third-order valence-electron chi connectivity index (χ3n) is 1.70. The van der Waals surface area contributed by atoms with E-state index in [9.17, 15) is 4.79 Å². The maximum atomic E-state index is 12.0. The third kappa shape index (κ3) is 4.62. The Hall–Kier alpha value is 1.59. The minimum absolute atomic E-state index is 0.133.